The van der Waals surface area contributed by atoms with E-state index in [9.17, 15) is 14.4 Å². The summed E-state index contributed by atoms with van der Waals surface area (Å²) >= 11 is 0. The van der Waals surface area contributed by atoms with Crippen LogP contribution in [0.1, 0.15) is 60.0 Å². The number of rotatable bonds is 4. The second-order valence-corrected chi connectivity index (χ2v) is 9.02. The Morgan fingerprint density at radius 1 is 1.10 bits per heavy atom. The molecule has 1 aromatic carbocycles. The molecular formula is C22H28N4O3. The molecule has 154 valence electrons. The summed E-state index contributed by atoms with van der Waals surface area (Å²) in [5.74, 6) is -0.709. The predicted octanol–water partition coefficient (Wildman–Crippen LogP) is 1.16. The highest BCUT2D eigenvalue weighted by Crippen LogP contribution is 2.33. The molecule has 3 amide bonds. The van der Waals surface area contributed by atoms with E-state index in [2.05, 4.69) is 28.6 Å². The van der Waals surface area contributed by atoms with Crippen LogP contribution >= 0.6 is 0 Å². The van der Waals surface area contributed by atoms with Gasteiger partial charge in [-0.1, -0.05) is 12.1 Å². The minimum Gasteiger partial charge on any atom is -0.322 e. The second-order valence-electron chi connectivity index (χ2n) is 9.02. The quantitative estimate of drug-likeness (QED) is 0.747. The zero-order valence-corrected chi connectivity index (χ0v) is 16.8. The molecule has 0 radical (unpaired) electrons. The molecule has 5 rings (SSSR count). The summed E-state index contributed by atoms with van der Waals surface area (Å²) in [6.07, 6.45) is 5.62. The predicted molar refractivity (Wildman–Crippen MR) is 107 cm³/mol. The van der Waals surface area contributed by atoms with E-state index in [0.717, 1.165) is 12.1 Å². The standard InChI is InChI=1S/C22H28N4O3/c1-25(16-9-14-5-6-15(10-16)23-14)11-13-3-2-4-17-18(13)12-26(22(17)29)19-7-8-20(27)24-21(19)28/h2-4,14-16,19,23H,5-12H2,1H3,(H,24,27,28). The summed E-state index contributed by atoms with van der Waals surface area (Å²) in [4.78, 5) is 40.8. The van der Waals surface area contributed by atoms with Crippen LogP contribution in [0, 0.1) is 0 Å². The van der Waals surface area contributed by atoms with Crippen molar-refractivity contribution in [2.45, 2.75) is 75.8 Å². The number of fused-ring (bicyclic) bond motifs is 3. The Labute approximate surface area is 170 Å². The number of carbonyl (C=O) groups excluding carboxylic acids is 3. The summed E-state index contributed by atoms with van der Waals surface area (Å²) in [6.45, 7) is 1.26. The summed E-state index contributed by atoms with van der Waals surface area (Å²) < 4.78 is 0. The van der Waals surface area contributed by atoms with E-state index in [-0.39, 0.29) is 24.1 Å². The highest BCUT2D eigenvalue weighted by molar-refractivity contribution is 6.05. The van der Waals surface area contributed by atoms with Gasteiger partial charge in [0, 0.05) is 43.2 Å². The molecule has 3 fully saturated rings. The molecule has 0 aromatic heterocycles. The molecule has 0 saturated carbocycles. The average molecular weight is 396 g/mol. The highest BCUT2D eigenvalue weighted by atomic mass is 16.2. The maximum atomic E-state index is 13.0. The maximum absolute atomic E-state index is 13.0. The first-order valence-corrected chi connectivity index (χ1v) is 10.7. The first-order valence-electron chi connectivity index (χ1n) is 10.7. The lowest BCUT2D eigenvalue weighted by molar-refractivity contribution is -0.136. The summed E-state index contributed by atoms with van der Waals surface area (Å²) in [7, 11) is 2.18. The molecule has 2 N–H and O–H groups in total. The molecule has 3 saturated heterocycles. The number of piperidine rings is 2. The molecule has 1 aromatic rings. The van der Waals surface area contributed by atoms with Gasteiger partial charge < -0.3 is 10.2 Å². The summed E-state index contributed by atoms with van der Waals surface area (Å²) in [5.41, 5.74) is 2.90. The van der Waals surface area contributed by atoms with Crippen molar-refractivity contribution < 1.29 is 14.4 Å². The fraction of sp³-hybridized carbons (Fsp3) is 0.591. The third-order valence-corrected chi connectivity index (χ3v) is 7.17. The number of benzene rings is 1. The number of amides is 3. The Morgan fingerprint density at radius 2 is 1.86 bits per heavy atom. The van der Waals surface area contributed by atoms with Crippen LogP contribution < -0.4 is 10.6 Å². The fourth-order valence-corrected chi connectivity index (χ4v) is 5.58. The van der Waals surface area contributed by atoms with Crippen LogP contribution in [0.25, 0.3) is 0 Å². The van der Waals surface area contributed by atoms with Crippen LogP contribution in [0.2, 0.25) is 0 Å². The van der Waals surface area contributed by atoms with Crippen molar-refractivity contribution in [3.05, 3.63) is 34.9 Å². The number of nitrogens with zero attached hydrogens (tertiary/aromatic N) is 2. The first kappa shape index (κ1) is 18.8. The van der Waals surface area contributed by atoms with Gasteiger partial charge in [0.15, 0.2) is 0 Å². The number of nitrogens with one attached hydrogen (secondary N) is 2. The van der Waals surface area contributed by atoms with Gasteiger partial charge >= 0.3 is 0 Å². The number of carbonyl (C=O) groups is 3. The highest BCUT2D eigenvalue weighted by Gasteiger charge is 2.40. The molecule has 3 atom stereocenters. The normalized spacial score (nSPS) is 31.4. The molecule has 7 nitrogen and oxygen atoms in total. The zero-order valence-electron chi connectivity index (χ0n) is 16.8. The van der Waals surface area contributed by atoms with Gasteiger partial charge in [-0.15, -0.1) is 0 Å². The van der Waals surface area contributed by atoms with E-state index in [1.807, 2.05) is 12.1 Å². The van der Waals surface area contributed by atoms with Crippen LogP contribution in [0.4, 0.5) is 0 Å². The van der Waals surface area contributed by atoms with Crippen LogP contribution in [0.5, 0.6) is 0 Å². The molecule has 7 heteroatoms. The molecule has 0 aliphatic carbocycles. The van der Waals surface area contributed by atoms with Crippen molar-refractivity contribution in [3.8, 4) is 0 Å². The van der Waals surface area contributed by atoms with Crippen LogP contribution in [-0.2, 0) is 22.7 Å². The van der Waals surface area contributed by atoms with Gasteiger partial charge in [-0.2, -0.15) is 0 Å². The molecule has 4 aliphatic heterocycles. The summed E-state index contributed by atoms with van der Waals surface area (Å²) in [5, 5.41) is 6.07. The Hall–Kier alpha value is -2.25. The van der Waals surface area contributed by atoms with E-state index in [0.29, 0.717) is 36.7 Å². The zero-order chi connectivity index (χ0) is 20.1. The van der Waals surface area contributed by atoms with Gasteiger partial charge in [0.05, 0.1) is 0 Å². The van der Waals surface area contributed by atoms with Crippen molar-refractivity contribution in [1.82, 2.24) is 20.4 Å². The van der Waals surface area contributed by atoms with Crippen molar-refractivity contribution >= 4 is 17.7 Å². The first-order chi connectivity index (χ1) is 14.0. The topological polar surface area (TPSA) is 81.8 Å². The lowest BCUT2D eigenvalue weighted by Gasteiger charge is -2.36. The van der Waals surface area contributed by atoms with Crippen molar-refractivity contribution in [2.75, 3.05) is 7.05 Å². The van der Waals surface area contributed by atoms with E-state index in [4.69, 9.17) is 0 Å². The number of imide groups is 1. The smallest absolute Gasteiger partial charge is 0.255 e. The van der Waals surface area contributed by atoms with Crippen molar-refractivity contribution in [3.63, 3.8) is 0 Å². The van der Waals surface area contributed by atoms with Crippen molar-refractivity contribution in [1.29, 1.82) is 0 Å². The molecule has 4 heterocycles. The van der Waals surface area contributed by atoms with Crippen LogP contribution in [0.15, 0.2) is 18.2 Å². The number of hydrogen-bond acceptors (Lipinski definition) is 5. The maximum Gasteiger partial charge on any atom is 0.255 e. The van der Waals surface area contributed by atoms with Crippen LogP contribution in [-0.4, -0.2) is 58.7 Å². The van der Waals surface area contributed by atoms with E-state index >= 15 is 0 Å². The lowest BCUT2D eigenvalue weighted by atomic mass is 9.97. The van der Waals surface area contributed by atoms with E-state index < -0.39 is 6.04 Å². The van der Waals surface area contributed by atoms with Gasteiger partial charge in [0.2, 0.25) is 11.8 Å². The Balaban J connectivity index is 1.33. The summed E-state index contributed by atoms with van der Waals surface area (Å²) in [6, 6.07) is 7.20. The SMILES string of the molecule is CN(Cc1cccc2c1CN(C1CCC(=O)NC1=O)C2=O)C1CC2CCC(C1)N2. The van der Waals surface area contributed by atoms with Crippen molar-refractivity contribution in [2.24, 2.45) is 0 Å². The molecule has 29 heavy (non-hydrogen) atoms. The molecular weight excluding hydrogens is 368 g/mol. The lowest BCUT2D eigenvalue weighted by Crippen LogP contribution is -2.52. The van der Waals surface area contributed by atoms with Gasteiger partial charge in [-0.05, 0) is 56.3 Å². The Morgan fingerprint density at radius 3 is 2.59 bits per heavy atom. The molecule has 3 unspecified atom stereocenters. The molecule has 4 aliphatic rings. The number of hydrogen-bond donors (Lipinski definition) is 2. The monoisotopic (exact) mass is 396 g/mol. The third kappa shape index (κ3) is 3.36. The van der Waals surface area contributed by atoms with E-state index in [1.165, 1.54) is 31.2 Å². The fourth-order valence-electron chi connectivity index (χ4n) is 5.58. The third-order valence-electron chi connectivity index (χ3n) is 7.17. The van der Waals surface area contributed by atoms with E-state index in [1.54, 1.807) is 4.90 Å². The average Bonchev–Trinajstić information content (AvgIpc) is 3.21. The van der Waals surface area contributed by atoms with Crippen LogP contribution in [0.3, 0.4) is 0 Å². The Kier molecular flexibility index (Phi) is 4.67. The largest absolute Gasteiger partial charge is 0.322 e. The van der Waals surface area contributed by atoms with Gasteiger partial charge in [-0.3, -0.25) is 24.6 Å². The van der Waals surface area contributed by atoms with Gasteiger partial charge in [0.1, 0.15) is 6.04 Å². The molecule has 2 bridgehead atoms. The Bertz CT molecular complexity index is 858. The van der Waals surface area contributed by atoms with Gasteiger partial charge in [0.25, 0.3) is 5.91 Å². The minimum absolute atomic E-state index is 0.0982. The van der Waals surface area contributed by atoms with Gasteiger partial charge in [-0.25, -0.2) is 0 Å². The molecule has 0 spiro atoms. The second kappa shape index (κ2) is 7.22. The minimum atomic E-state index is -0.557.